The van der Waals surface area contributed by atoms with Crippen molar-refractivity contribution in [3.05, 3.63) is 18.1 Å². The van der Waals surface area contributed by atoms with Crippen LogP contribution < -0.4 is 10.2 Å². The van der Waals surface area contributed by atoms with Crippen LogP contribution in [0.2, 0.25) is 0 Å². The van der Waals surface area contributed by atoms with Gasteiger partial charge in [-0.1, -0.05) is 27.7 Å². The fourth-order valence-corrected chi connectivity index (χ4v) is 7.85. The first-order chi connectivity index (χ1) is 19.9. The molecule has 1 amide bonds. The maximum atomic E-state index is 14.5. The van der Waals surface area contributed by atoms with Crippen molar-refractivity contribution in [2.75, 3.05) is 51.4 Å². The highest BCUT2D eigenvalue weighted by molar-refractivity contribution is 5.84. The highest BCUT2D eigenvalue weighted by Crippen LogP contribution is 2.50. The van der Waals surface area contributed by atoms with E-state index in [-0.39, 0.29) is 47.9 Å². The molecule has 6 atom stereocenters. The predicted octanol–water partition coefficient (Wildman–Crippen LogP) is 3.58. The Kier molecular flexibility index (Phi) is 9.37. The lowest BCUT2D eigenvalue weighted by Crippen LogP contribution is -2.56. The van der Waals surface area contributed by atoms with Crippen LogP contribution in [0.5, 0.6) is 0 Å². The lowest BCUT2D eigenvalue weighted by molar-refractivity contribution is -0.146. The second-order valence-corrected chi connectivity index (χ2v) is 13.2. The Morgan fingerprint density at radius 1 is 1.21 bits per heavy atom. The summed E-state index contributed by atoms with van der Waals surface area (Å²) in [4.78, 5) is 28.6. The summed E-state index contributed by atoms with van der Waals surface area (Å²) in [6, 6.07) is 1.86. The minimum absolute atomic E-state index is 0.00232. The molecule has 0 radical (unpaired) electrons. The van der Waals surface area contributed by atoms with E-state index in [4.69, 9.17) is 9.47 Å². The zero-order chi connectivity index (χ0) is 30.2. The zero-order valence-corrected chi connectivity index (χ0v) is 25.6. The van der Waals surface area contributed by atoms with Crippen molar-refractivity contribution < 1.29 is 27.4 Å². The molecule has 1 N–H and O–H groups in total. The molecule has 12 heteroatoms. The van der Waals surface area contributed by atoms with Crippen molar-refractivity contribution in [2.45, 2.75) is 102 Å². The van der Waals surface area contributed by atoms with Gasteiger partial charge < -0.3 is 24.6 Å². The van der Waals surface area contributed by atoms with Crippen LogP contribution in [0.1, 0.15) is 65.5 Å². The van der Waals surface area contributed by atoms with Crippen LogP contribution in [0.15, 0.2) is 12.4 Å². The third-order valence-corrected chi connectivity index (χ3v) is 10.2. The van der Waals surface area contributed by atoms with Gasteiger partial charge in [0.1, 0.15) is 17.8 Å². The van der Waals surface area contributed by atoms with E-state index in [1.807, 2.05) is 9.80 Å². The number of ether oxygens (including phenoxy) is 2. The van der Waals surface area contributed by atoms with Crippen LogP contribution >= 0.6 is 0 Å². The summed E-state index contributed by atoms with van der Waals surface area (Å²) in [5, 5.41) is 3.56. The van der Waals surface area contributed by atoms with Crippen LogP contribution in [0.25, 0.3) is 0 Å². The summed E-state index contributed by atoms with van der Waals surface area (Å²) in [5.41, 5.74) is -1.40. The normalized spacial score (nSPS) is 31.7. The minimum Gasteiger partial charge on any atom is -0.379 e. The van der Waals surface area contributed by atoms with E-state index < -0.39 is 17.3 Å². The highest BCUT2D eigenvalue weighted by atomic mass is 19.4. The number of alkyl halides is 3. The Labute approximate surface area is 247 Å². The first kappa shape index (κ1) is 31.4. The predicted molar refractivity (Wildman–Crippen MR) is 153 cm³/mol. The third-order valence-electron chi connectivity index (χ3n) is 10.2. The van der Waals surface area contributed by atoms with Gasteiger partial charge in [-0.05, 0) is 38.0 Å². The first-order valence-electron chi connectivity index (χ1n) is 15.5. The molecule has 0 aromatic carbocycles. The number of rotatable bonds is 10. The molecular formula is C30H47F3N6O3. The smallest absolute Gasteiger partial charge is 0.379 e. The van der Waals surface area contributed by atoms with Gasteiger partial charge in [0.2, 0.25) is 5.91 Å². The van der Waals surface area contributed by atoms with E-state index in [9.17, 15) is 18.0 Å². The van der Waals surface area contributed by atoms with Gasteiger partial charge in [-0.15, -0.1) is 0 Å². The van der Waals surface area contributed by atoms with E-state index >= 15 is 0 Å². The summed E-state index contributed by atoms with van der Waals surface area (Å²) < 4.78 is 51.4. The molecule has 4 heterocycles. The Morgan fingerprint density at radius 3 is 2.64 bits per heavy atom. The van der Waals surface area contributed by atoms with Crippen molar-refractivity contribution in [3.63, 3.8) is 0 Å². The molecule has 236 valence electrons. The molecule has 1 aromatic heterocycles. The highest BCUT2D eigenvalue weighted by Gasteiger charge is 2.56. The molecule has 4 aliphatic rings. The number of fused-ring (bicyclic) bond motifs is 2. The van der Waals surface area contributed by atoms with Crippen LogP contribution in [0.4, 0.5) is 19.0 Å². The summed E-state index contributed by atoms with van der Waals surface area (Å²) in [6.07, 6.45) is 0.710. The van der Waals surface area contributed by atoms with Crippen LogP contribution in [0.3, 0.4) is 0 Å². The van der Waals surface area contributed by atoms with Gasteiger partial charge in [0.15, 0.2) is 0 Å². The van der Waals surface area contributed by atoms with E-state index in [1.54, 1.807) is 7.11 Å². The van der Waals surface area contributed by atoms with Crippen LogP contribution in [-0.2, 0) is 20.4 Å². The SMILES string of the molecule is CO[C@@H]1COCC[C@@H]1N(CCNC(C)C)[C@@H]1CC[C@@](C(=O)N2C[C@@H]3C[C@H]2CN3c2cc(C(F)(F)F)ncn2)(C(C)C)C1. The van der Waals surface area contributed by atoms with Gasteiger partial charge in [0, 0.05) is 64.1 Å². The number of amides is 1. The lowest BCUT2D eigenvalue weighted by Gasteiger charge is -2.44. The Hall–Kier alpha value is -2.02. The number of nitrogens with zero attached hydrogens (tertiary/aromatic N) is 5. The van der Waals surface area contributed by atoms with Crippen molar-refractivity contribution in [3.8, 4) is 0 Å². The van der Waals surface area contributed by atoms with Gasteiger partial charge in [-0.25, -0.2) is 9.97 Å². The van der Waals surface area contributed by atoms with Gasteiger partial charge in [0.25, 0.3) is 0 Å². The summed E-state index contributed by atoms with van der Waals surface area (Å²) >= 11 is 0. The molecule has 1 saturated carbocycles. The van der Waals surface area contributed by atoms with Gasteiger partial charge in [0.05, 0.1) is 30.2 Å². The quantitative estimate of drug-likeness (QED) is 0.439. The second-order valence-electron chi connectivity index (χ2n) is 13.2. The Bertz CT molecular complexity index is 1090. The van der Waals surface area contributed by atoms with Gasteiger partial charge in [-0.3, -0.25) is 9.69 Å². The number of hydrogen-bond donors (Lipinski definition) is 1. The number of hydrogen-bond acceptors (Lipinski definition) is 8. The van der Waals surface area contributed by atoms with Gasteiger partial charge >= 0.3 is 6.18 Å². The number of nitrogens with one attached hydrogen (secondary N) is 1. The standard InChI is InChI=1S/C30H47F3N6O3/c1-19(2)29(8-6-21(14-29)37(10-9-34-20(3)4)24-7-11-42-17-25(24)41-5)28(40)39-16-22-12-23(39)15-38(22)27-13-26(30(31,32)33)35-18-36-27/h13,18-25,34H,6-12,14-17H2,1-5H3/t21-,22+,23+,24+,25-,29+/m1/s1. The molecule has 3 saturated heterocycles. The zero-order valence-electron chi connectivity index (χ0n) is 25.6. The number of likely N-dealkylation sites (tertiary alicyclic amines) is 1. The third kappa shape index (κ3) is 6.14. The Balaban J connectivity index is 1.31. The average Bonchev–Trinajstić information content (AvgIpc) is 3.70. The average molecular weight is 597 g/mol. The van der Waals surface area contributed by atoms with Crippen LogP contribution in [-0.4, -0.2) is 108 Å². The number of aromatic nitrogens is 2. The lowest BCUT2D eigenvalue weighted by atomic mass is 9.74. The fourth-order valence-electron chi connectivity index (χ4n) is 7.85. The maximum absolute atomic E-state index is 14.5. The summed E-state index contributed by atoms with van der Waals surface area (Å²) in [7, 11) is 1.75. The van der Waals surface area contributed by atoms with Crippen molar-refractivity contribution >= 4 is 11.7 Å². The van der Waals surface area contributed by atoms with Crippen molar-refractivity contribution in [1.29, 1.82) is 0 Å². The van der Waals surface area contributed by atoms with E-state index in [2.05, 4.69) is 47.9 Å². The van der Waals surface area contributed by atoms with Crippen molar-refractivity contribution in [1.82, 2.24) is 25.1 Å². The molecular weight excluding hydrogens is 549 g/mol. The Morgan fingerprint density at radius 2 is 2.00 bits per heavy atom. The maximum Gasteiger partial charge on any atom is 0.433 e. The first-order valence-corrected chi connectivity index (χ1v) is 15.5. The topological polar surface area (TPSA) is 83.1 Å². The molecule has 1 aromatic rings. The number of carbonyl (C=O) groups excluding carboxylic acids is 1. The van der Waals surface area contributed by atoms with E-state index in [1.165, 1.54) is 0 Å². The molecule has 3 aliphatic heterocycles. The second kappa shape index (κ2) is 12.5. The number of halogens is 3. The van der Waals surface area contributed by atoms with Crippen molar-refractivity contribution in [2.24, 2.45) is 11.3 Å². The number of methoxy groups -OCH3 is 1. The summed E-state index contributed by atoms with van der Waals surface area (Å²) in [5.74, 6) is 0.664. The number of piperazine rings is 1. The molecule has 0 unspecified atom stereocenters. The number of carbonyl (C=O) groups is 1. The van der Waals surface area contributed by atoms with E-state index in [0.717, 1.165) is 57.6 Å². The minimum atomic E-state index is -4.52. The van der Waals surface area contributed by atoms with Crippen LogP contribution in [0, 0.1) is 11.3 Å². The monoisotopic (exact) mass is 596 g/mol. The largest absolute Gasteiger partial charge is 0.433 e. The molecule has 9 nitrogen and oxygen atoms in total. The molecule has 0 spiro atoms. The molecule has 1 aliphatic carbocycles. The van der Waals surface area contributed by atoms with E-state index in [0.29, 0.717) is 32.3 Å². The molecule has 2 bridgehead atoms. The summed E-state index contributed by atoms with van der Waals surface area (Å²) in [6.45, 7) is 12.7. The fraction of sp³-hybridized carbons (Fsp3) is 0.833. The van der Waals surface area contributed by atoms with Gasteiger partial charge in [-0.2, -0.15) is 13.2 Å². The number of anilines is 1. The molecule has 4 fully saturated rings. The molecule has 5 rings (SSSR count). The molecule has 42 heavy (non-hydrogen) atoms.